The lowest BCUT2D eigenvalue weighted by atomic mass is 9.90. The van der Waals surface area contributed by atoms with Crippen molar-refractivity contribution in [2.75, 3.05) is 16.8 Å². The van der Waals surface area contributed by atoms with Crippen molar-refractivity contribution < 1.29 is 4.79 Å². The molecule has 0 saturated heterocycles. The van der Waals surface area contributed by atoms with E-state index < -0.39 is 5.54 Å². The highest BCUT2D eigenvalue weighted by atomic mass is 16.2. The standard InChI is InChI=1S/C21H25N7O/c1-6-21(4)19(29)26(5)16-13-24-20(25-18(16)28(21)14(2)3)27-12-11-23-17(27)15-9-7-8-10-22-15/h7-14H,6H2,1-5H3/t21-/m1/s1. The number of amides is 1. The molecule has 0 unspecified atom stereocenters. The SMILES string of the molecule is CC[C@]1(C)C(=O)N(C)c2cnc(-n3ccnc3-c3ccccn3)nc2N1C(C)C. The highest BCUT2D eigenvalue weighted by molar-refractivity contribution is 6.07. The lowest BCUT2D eigenvalue weighted by Crippen LogP contribution is -2.63. The zero-order chi connectivity index (χ0) is 20.8. The van der Waals surface area contributed by atoms with E-state index in [-0.39, 0.29) is 11.9 Å². The maximum absolute atomic E-state index is 13.1. The largest absolute Gasteiger partial charge is 0.338 e. The van der Waals surface area contributed by atoms with Gasteiger partial charge in [0, 0.05) is 31.7 Å². The van der Waals surface area contributed by atoms with Gasteiger partial charge in [-0.15, -0.1) is 0 Å². The first-order valence-electron chi connectivity index (χ1n) is 9.78. The van der Waals surface area contributed by atoms with Crippen LogP contribution in [-0.4, -0.2) is 49.0 Å². The maximum Gasteiger partial charge on any atom is 0.252 e. The fourth-order valence-corrected chi connectivity index (χ4v) is 3.98. The van der Waals surface area contributed by atoms with Crippen LogP contribution in [0, 0.1) is 0 Å². The van der Waals surface area contributed by atoms with Gasteiger partial charge >= 0.3 is 0 Å². The molecule has 8 nitrogen and oxygen atoms in total. The van der Waals surface area contributed by atoms with Crippen LogP contribution >= 0.6 is 0 Å². The number of hydrogen-bond acceptors (Lipinski definition) is 6. The van der Waals surface area contributed by atoms with Crippen LogP contribution < -0.4 is 9.80 Å². The molecule has 0 N–H and O–H groups in total. The molecule has 8 heteroatoms. The fourth-order valence-electron chi connectivity index (χ4n) is 3.98. The van der Waals surface area contributed by atoms with Gasteiger partial charge in [0.1, 0.15) is 16.9 Å². The van der Waals surface area contributed by atoms with Crippen molar-refractivity contribution in [3.63, 3.8) is 0 Å². The third kappa shape index (κ3) is 2.86. The summed E-state index contributed by atoms with van der Waals surface area (Å²) in [4.78, 5) is 35.1. The molecule has 1 aliphatic rings. The third-order valence-corrected chi connectivity index (χ3v) is 5.58. The van der Waals surface area contributed by atoms with Gasteiger partial charge in [0.2, 0.25) is 5.95 Å². The van der Waals surface area contributed by atoms with Gasteiger partial charge in [-0.1, -0.05) is 13.0 Å². The molecule has 3 aromatic heterocycles. The molecule has 4 heterocycles. The van der Waals surface area contributed by atoms with Crippen LogP contribution in [0.25, 0.3) is 17.5 Å². The minimum absolute atomic E-state index is 0.0503. The van der Waals surface area contributed by atoms with Gasteiger partial charge < -0.3 is 9.80 Å². The zero-order valence-corrected chi connectivity index (χ0v) is 17.4. The predicted molar refractivity (Wildman–Crippen MR) is 112 cm³/mol. The van der Waals surface area contributed by atoms with Gasteiger partial charge in [-0.2, -0.15) is 4.98 Å². The summed E-state index contributed by atoms with van der Waals surface area (Å²) in [6.45, 7) is 8.17. The lowest BCUT2D eigenvalue weighted by Gasteiger charge is -2.49. The molecule has 150 valence electrons. The maximum atomic E-state index is 13.1. The van der Waals surface area contributed by atoms with Gasteiger partial charge in [0.15, 0.2) is 11.6 Å². The number of carbonyl (C=O) groups excluding carboxylic acids is 1. The van der Waals surface area contributed by atoms with Crippen molar-refractivity contribution in [2.24, 2.45) is 0 Å². The third-order valence-electron chi connectivity index (χ3n) is 5.58. The average Bonchev–Trinajstić information content (AvgIpc) is 3.22. The summed E-state index contributed by atoms with van der Waals surface area (Å²) < 4.78 is 1.82. The van der Waals surface area contributed by atoms with E-state index in [1.807, 2.05) is 42.8 Å². The molecular formula is C21H25N7O. The molecule has 3 aromatic rings. The molecule has 1 aliphatic heterocycles. The summed E-state index contributed by atoms with van der Waals surface area (Å²) in [5, 5.41) is 0. The second-order valence-electron chi connectivity index (χ2n) is 7.67. The Balaban J connectivity index is 1.88. The van der Waals surface area contributed by atoms with E-state index in [0.717, 1.165) is 11.5 Å². The number of aromatic nitrogens is 5. The number of carbonyl (C=O) groups is 1. The topological polar surface area (TPSA) is 80.0 Å². The normalized spacial score (nSPS) is 19.0. The van der Waals surface area contributed by atoms with Crippen LogP contribution in [0.15, 0.2) is 43.0 Å². The number of fused-ring (bicyclic) bond motifs is 1. The van der Waals surface area contributed by atoms with Crippen molar-refractivity contribution in [3.05, 3.63) is 43.0 Å². The van der Waals surface area contributed by atoms with Crippen molar-refractivity contribution in [1.82, 2.24) is 24.5 Å². The first-order chi connectivity index (χ1) is 13.9. The Morgan fingerprint density at radius 2 is 1.93 bits per heavy atom. The Morgan fingerprint density at radius 3 is 2.59 bits per heavy atom. The number of imidazole rings is 1. The first kappa shape index (κ1) is 19.0. The number of likely N-dealkylation sites (N-methyl/N-ethyl adjacent to an activating group) is 1. The number of pyridine rings is 1. The van der Waals surface area contributed by atoms with Crippen LogP contribution in [0.5, 0.6) is 0 Å². The van der Waals surface area contributed by atoms with Gasteiger partial charge in [0.05, 0.1) is 6.20 Å². The van der Waals surface area contributed by atoms with E-state index in [1.165, 1.54) is 0 Å². The minimum Gasteiger partial charge on any atom is -0.338 e. The van der Waals surface area contributed by atoms with Gasteiger partial charge in [-0.05, 0) is 39.3 Å². The quantitative estimate of drug-likeness (QED) is 0.680. The smallest absolute Gasteiger partial charge is 0.252 e. The van der Waals surface area contributed by atoms with E-state index >= 15 is 0 Å². The second-order valence-corrected chi connectivity index (χ2v) is 7.67. The molecule has 4 rings (SSSR count). The summed E-state index contributed by atoms with van der Waals surface area (Å²) in [6, 6.07) is 5.78. The summed E-state index contributed by atoms with van der Waals surface area (Å²) in [7, 11) is 1.78. The molecule has 0 radical (unpaired) electrons. The van der Waals surface area contributed by atoms with Crippen LogP contribution in [0.4, 0.5) is 11.5 Å². The fraction of sp³-hybridized carbons (Fsp3) is 0.381. The first-order valence-corrected chi connectivity index (χ1v) is 9.78. The van der Waals surface area contributed by atoms with Crippen molar-refractivity contribution >= 4 is 17.4 Å². The molecule has 1 amide bonds. The molecule has 0 saturated carbocycles. The number of hydrogen-bond donors (Lipinski definition) is 0. The van der Waals surface area contributed by atoms with Crippen LogP contribution in [0.2, 0.25) is 0 Å². The predicted octanol–water partition coefficient (Wildman–Crippen LogP) is 3.08. The molecule has 0 aromatic carbocycles. The van der Waals surface area contributed by atoms with E-state index in [2.05, 4.69) is 33.7 Å². The molecule has 29 heavy (non-hydrogen) atoms. The Kier molecular flexibility index (Phi) is 4.56. The van der Waals surface area contributed by atoms with Gasteiger partial charge in [-0.3, -0.25) is 14.3 Å². The second kappa shape index (κ2) is 6.95. The highest BCUT2D eigenvalue weighted by Crippen LogP contribution is 2.41. The van der Waals surface area contributed by atoms with Gasteiger partial charge in [0.25, 0.3) is 5.91 Å². The Hall–Kier alpha value is -3.29. The lowest BCUT2D eigenvalue weighted by molar-refractivity contribution is -0.123. The zero-order valence-electron chi connectivity index (χ0n) is 17.4. The molecule has 1 atom stereocenters. The van der Waals surface area contributed by atoms with Crippen LogP contribution in [-0.2, 0) is 4.79 Å². The summed E-state index contributed by atoms with van der Waals surface area (Å²) >= 11 is 0. The Labute approximate surface area is 170 Å². The molecule has 0 spiro atoms. The van der Waals surface area contributed by atoms with E-state index in [9.17, 15) is 4.79 Å². The Morgan fingerprint density at radius 1 is 1.14 bits per heavy atom. The molecule has 0 aliphatic carbocycles. The van der Waals surface area contributed by atoms with E-state index in [1.54, 1.807) is 30.5 Å². The molecule has 0 bridgehead atoms. The summed E-state index contributed by atoms with van der Waals surface area (Å²) in [5.74, 6) is 1.96. The molecular weight excluding hydrogens is 366 g/mol. The van der Waals surface area contributed by atoms with Crippen molar-refractivity contribution in [1.29, 1.82) is 0 Å². The monoisotopic (exact) mass is 391 g/mol. The number of anilines is 2. The van der Waals surface area contributed by atoms with E-state index in [4.69, 9.17) is 4.98 Å². The summed E-state index contributed by atoms with van der Waals surface area (Å²) in [5.41, 5.74) is 0.781. The van der Waals surface area contributed by atoms with Crippen LogP contribution in [0.1, 0.15) is 34.1 Å². The number of nitrogens with zero attached hydrogens (tertiary/aromatic N) is 7. The minimum atomic E-state index is -0.666. The summed E-state index contributed by atoms with van der Waals surface area (Å²) in [6.07, 6.45) is 7.65. The van der Waals surface area contributed by atoms with Crippen LogP contribution in [0.3, 0.4) is 0 Å². The number of rotatable bonds is 4. The van der Waals surface area contributed by atoms with Crippen molar-refractivity contribution in [3.8, 4) is 17.5 Å². The molecule has 0 fully saturated rings. The highest BCUT2D eigenvalue weighted by Gasteiger charge is 2.47. The van der Waals surface area contributed by atoms with Crippen molar-refractivity contribution in [2.45, 2.75) is 45.7 Å². The van der Waals surface area contributed by atoms with Gasteiger partial charge in [-0.25, -0.2) is 9.97 Å². The Bertz CT molecular complexity index is 1050. The average molecular weight is 391 g/mol. The van der Waals surface area contributed by atoms with E-state index in [0.29, 0.717) is 23.9 Å².